The van der Waals surface area contributed by atoms with Crippen LogP contribution in [0.1, 0.15) is 5.69 Å². The van der Waals surface area contributed by atoms with Crippen LogP contribution >= 0.6 is 0 Å². The van der Waals surface area contributed by atoms with Crippen molar-refractivity contribution in [1.82, 2.24) is 9.78 Å². The van der Waals surface area contributed by atoms with E-state index >= 15 is 0 Å². The Kier molecular flexibility index (Phi) is 2.23. The first-order valence-electron chi connectivity index (χ1n) is 3.60. The second-order valence-corrected chi connectivity index (χ2v) is 2.93. The molecule has 0 aliphatic rings. The molecule has 1 aromatic rings. The maximum atomic E-state index is 12.3. The summed E-state index contributed by atoms with van der Waals surface area (Å²) in [7, 11) is 4.56. The third-order valence-corrected chi connectivity index (χ3v) is 1.56. The van der Waals surface area contributed by atoms with Crippen LogP contribution in [0.5, 0.6) is 0 Å². The third kappa shape index (κ3) is 1.93. The van der Waals surface area contributed by atoms with Gasteiger partial charge < -0.3 is 4.90 Å². The van der Waals surface area contributed by atoms with Gasteiger partial charge in [-0.1, -0.05) is 0 Å². The molecular weight excluding hydrogens is 183 g/mol. The van der Waals surface area contributed by atoms with Gasteiger partial charge in [0.05, 0.1) is 5.69 Å². The smallest absolute Gasteiger partial charge is 0.375 e. The summed E-state index contributed by atoms with van der Waals surface area (Å²) < 4.78 is 38.1. The SMILES string of the molecule is CN(C)c1cn(C)nc1C(F)(F)F. The van der Waals surface area contributed by atoms with E-state index < -0.39 is 11.9 Å². The molecule has 0 saturated carbocycles. The van der Waals surface area contributed by atoms with Gasteiger partial charge in [0.1, 0.15) is 0 Å². The van der Waals surface area contributed by atoms with Crippen LogP contribution in [0, 0.1) is 0 Å². The van der Waals surface area contributed by atoms with Gasteiger partial charge in [-0.15, -0.1) is 0 Å². The van der Waals surface area contributed by atoms with Crippen molar-refractivity contribution in [3.63, 3.8) is 0 Å². The van der Waals surface area contributed by atoms with Crippen LogP contribution in [-0.2, 0) is 13.2 Å². The van der Waals surface area contributed by atoms with Gasteiger partial charge in [0.2, 0.25) is 0 Å². The van der Waals surface area contributed by atoms with Gasteiger partial charge in [-0.05, 0) is 0 Å². The van der Waals surface area contributed by atoms with E-state index in [9.17, 15) is 13.2 Å². The van der Waals surface area contributed by atoms with Crippen molar-refractivity contribution in [2.24, 2.45) is 7.05 Å². The maximum absolute atomic E-state index is 12.3. The molecule has 0 radical (unpaired) electrons. The number of nitrogens with zero attached hydrogens (tertiary/aromatic N) is 3. The molecule has 0 atom stereocenters. The van der Waals surface area contributed by atoms with Crippen LogP contribution in [0.25, 0.3) is 0 Å². The molecule has 0 bridgehead atoms. The van der Waals surface area contributed by atoms with Crippen molar-refractivity contribution >= 4 is 5.69 Å². The minimum absolute atomic E-state index is 0.0787. The van der Waals surface area contributed by atoms with Gasteiger partial charge >= 0.3 is 6.18 Å². The monoisotopic (exact) mass is 193 g/mol. The second kappa shape index (κ2) is 2.93. The van der Waals surface area contributed by atoms with Gasteiger partial charge in [0.15, 0.2) is 5.69 Å². The van der Waals surface area contributed by atoms with Crippen LogP contribution in [0.2, 0.25) is 0 Å². The molecule has 1 heterocycles. The number of aromatic nitrogens is 2. The molecule has 74 valence electrons. The molecule has 6 heteroatoms. The fourth-order valence-electron chi connectivity index (χ4n) is 1.01. The average Bonchev–Trinajstić information content (AvgIpc) is 2.29. The van der Waals surface area contributed by atoms with E-state index in [0.29, 0.717) is 0 Å². The molecule has 0 aromatic carbocycles. The normalized spacial score (nSPS) is 11.8. The highest BCUT2D eigenvalue weighted by molar-refractivity contribution is 5.49. The zero-order valence-corrected chi connectivity index (χ0v) is 7.55. The zero-order valence-electron chi connectivity index (χ0n) is 7.55. The number of anilines is 1. The number of aryl methyl sites for hydroxylation is 1. The number of halogens is 3. The van der Waals surface area contributed by atoms with E-state index in [4.69, 9.17) is 0 Å². The molecule has 0 N–H and O–H groups in total. The summed E-state index contributed by atoms with van der Waals surface area (Å²) in [5.41, 5.74) is -0.769. The first kappa shape index (κ1) is 9.88. The summed E-state index contributed by atoms with van der Waals surface area (Å²) in [6, 6.07) is 0. The maximum Gasteiger partial charge on any atom is 0.437 e. The Balaban J connectivity index is 3.20. The van der Waals surface area contributed by atoms with Crippen LogP contribution in [0.3, 0.4) is 0 Å². The highest BCUT2D eigenvalue weighted by Gasteiger charge is 2.37. The average molecular weight is 193 g/mol. The van der Waals surface area contributed by atoms with E-state index in [1.165, 1.54) is 18.1 Å². The molecule has 0 spiro atoms. The van der Waals surface area contributed by atoms with E-state index in [1.54, 1.807) is 14.1 Å². The lowest BCUT2D eigenvalue weighted by Gasteiger charge is -2.12. The van der Waals surface area contributed by atoms with E-state index in [1.807, 2.05) is 0 Å². The van der Waals surface area contributed by atoms with Gasteiger partial charge in [-0.3, -0.25) is 4.68 Å². The summed E-state index contributed by atoms with van der Waals surface area (Å²) in [5.74, 6) is 0. The minimum Gasteiger partial charge on any atom is -0.375 e. The zero-order chi connectivity index (χ0) is 10.2. The fourth-order valence-corrected chi connectivity index (χ4v) is 1.01. The Bertz CT molecular complexity index is 300. The molecule has 3 nitrogen and oxygen atoms in total. The van der Waals surface area contributed by atoms with Crippen LogP contribution in [-0.4, -0.2) is 23.9 Å². The molecule has 0 saturated heterocycles. The summed E-state index contributed by atoms with van der Waals surface area (Å²) in [6.07, 6.45) is -3.05. The van der Waals surface area contributed by atoms with Gasteiger partial charge in [-0.25, -0.2) is 0 Å². The molecule has 1 rings (SSSR count). The Hall–Kier alpha value is -1.20. The lowest BCUT2D eigenvalue weighted by molar-refractivity contribution is -0.140. The Morgan fingerprint density at radius 2 is 1.92 bits per heavy atom. The van der Waals surface area contributed by atoms with Crippen molar-refractivity contribution in [3.05, 3.63) is 11.9 Å². The number of alkyl halides is 3. The molecule has 0 amide bonds. The standard InChI is InChI=1S/C7H10F3N3/c1-12(2)5-4-13(3)11-6(5)7(8,9)10/h4H,1-3H3. The van der Waals surface area contributed by atoms with Crippen molar-refractivity contribution in [2.45, 2.75) is 6.18 Å². The highest BCUT2D eigenvalue weighted by atomic mass is 19.4. The summed E-state index contributed by atoms with van der Waals surface area (Å²) in [4.78, 5) is 1.38. The molecule has 13 heavy (non-hydrogen) atoms. The molecule has 0 aliphatic heterocycles. The molecule has 0 fully saturated rings. The van der Waals surface area contributed by atoms with E-state index in [2.05, 4.69) is 5.10 Å². The Morgan fingerprint density at radius 3 is 2.23 bits per heavy atom. The number of rotatable bonds is 1. The van der Waals surface area contributed by atoms with E-state index in [-0.39, 0.29) is 5.69 Å². The first-order chi connectivity index (χ1) is 5.82. The van der Waals surface area contributed by atoms with Gasteiger partial charge in [-0.2, -0.15) is 18.3 Å². The quantitative estimate of drug-likeness (QED) is 0.674. The Morgan fingerprint density at radius 1 is 1.38 bits per heavy atom. The predicted molar refractivity (Wildman–Crippen MR) is 42.5 cm³/mol. The molecular formula is C7H10F3N3. The lowest BCUT2D eigenvalue weighted by Crippen LogP contribution is -2.15. The number of hydrogen-bond donors (Lipinski definition) is 0. The van der Waals surface area contributed by atoms with Gasteiger partial charge in [0, 0.05) is 27.3 Å². The Labute approximate surface area is 73.8 Å². The summed E-state index contributed by atoms with van der Waals surface area (Å²) in [5, 5.41) is 3.35. The van der Waals surface area contributed by atoms with Crippen molar-refractivity contribution in [1.29, 1.82) is 0 Å². The lowest BCUT2D eigenvalue weighted by atomic mass is 10.3. The summed E-state index contributed by atoms with van der Waals surface area (Å²) >= 11 is 0. The molecule has 0 unspecified atom stereocenters. The van der Waals surface area contributed by atoms with Crippen LogP contribution in [0.15, 0.2) is 6.20 Å². The first-order valence-corrected chi connectivity index (χ1v) is 3.60. The van der Waals surface area contributed by atoms with Crippen molar-refractivity contribution in [3.8, 4) is 0 Å². The molecule has 0 aliphatic carbocycles. The fraction of sp³-hybridized carbons (Fsp3) is 0.571. The van der Waals surface area contributed by atoms with Crippen LogP contribution < -0.4 is 4.90 Å². The molecule has 1 aromatic heterocycles. The summed E-state index contributed by atoms with van der Waals surface area (Å²) in [6.45, 7) is 0. The topological polar surface area (TPSA) is 21.1 Å². The number of hydrogen-bond acceptors (Lipinski definition) is 2. The van der Waals surface area contributed by atoms with E-state index in [0.717, 1.165) is 4.68 Å². The third-order valence-electron chi connectivity index (χ3n) is 1.56. The van der Waals surface area contributed by atoms with Crippen molar-refractivity contribution in [2.75, 3.05) is 19.0 Å². The predicted octanol–water partition coefficient (Wildman–Crippen LogP) is 1.50. The van der Waals surface area contributed by atoms with Gasteiger partial charge in [0.25, 0.3) is 0 Å². The highest BCUT2D eigenvalue weighted by Crippen LogP contribution is 2.34. The minimum atomic E-state index is -4.39. The van der Waals surface area contributed by atoms with Crippen molar-refractivity contribution < 1.29 is 13.2 Å². The van der Waals surface area contributed by atoms with Crippen LogP contribution in [0.4, 0.5) is 18.9 Å². The second-order valence-electron chi connectivity index (χ2n) is 2.93. The largest absolute Gasteiger partial charge is 0.437 e.